The summed E-state index contributed by atoms with van der Waals surface area (Å²) in [5, 5.41) is 0.759. The maximum Gasteiger partial charge on any atom is 0.274 e. The Balaban J connectivity index is 1.70. The molecule has 5 rings (SSSR count). The van der Waals surface area contributed by atoms with Gasteiger partial charge >= 0.3 is 0 Å². The first-order valence-electron chi connectivity index (χ1n) is 10.3. The number of rotatable bonds is 6. The average Bonchev–Trinajstić information content (AvgIpc) is 3.44. The Morgan fingerprint density at radius 1 is 1.21 bits per heavy atom. The van der Waals surface area contributed by atoms with E-state index in [-0.39, 0.29) is 12.1 Å². The van der Waals surface area contributed by atoms with E-state index in [1.54, 1.807) is 30.3 Å². The summed E-state index contributed by atoms with van der Waals surface area (Å²) in [6, 6.07) is 7.26. The second-order valence-electron chi connectivity index (χ2n) is 7.60. The van der Waals surface area contributed by atoms with Crippen molar-refractivity contribution in [2.24, 2.45) is 7.05 Å². The second-order valence-corrected chi connectivity index (χ2v) is 8.67. The first kappa shape index (κ1) is 21.2. The molecule has 33 heavy (non-hydrogen) atoms. The number of aromatic nitrogens is 5. The third kappa shape index (κ3) is 3.76. The summed E-state index contributed by atoms with van der Waals surface area (Å²) in [5.74, 6) is -0.414. The lowest BCUT2D eigenvalue weighted by molar-refractivity contribution is 0.567. The fourth-order valence-corrected chi connectivity index (χ4v) is 4.28. The van der Waals surface area contributed by atoms with Crippen LogP contribution in [0.1, 0.15) is 12.5 Å². The Morgan fingerprint density at radius 3 is 2.85 bits per heavy atom. The molecule has 0 radical (unpaired) electrons. The van der Waals surface area contributed by atoms with Crippen molar-refractivity contribution in [1.82, 2.24) is 24.1 Å². The van der Waals surface area contributed by atoms with E-state index in [4.69, 9.17) is 4.98 Å². The number of benzene rings is 1. The summed E-state index contributed by atoms with van der Waals surface area (Å²) in [6.45, 7) is 2.18. The second kappa shape index (κ2) is 8.36. The Bertz CT molecular complexity index is 1550. The van der Waals surface area contributed by atoms with Crippen molar-refractivity contribution in [2.45, 2.75) is 13.5 Å². The van der Waals surface area contributed by atoms with Gasteiger partial charge in [-0.05, 0) is 18.2 Å². The third-order valence-electron chi connectivity index (χ3n) is 5.42. The van der Waals surface area contributed by atoms with E-state index in [0.29, 0.717) is 27.9 Å². The van der Waals surface area contributed by atoms with Crippen LogP contribution in [0.15, 0.2) is 53.8 Å². The lowest BCUT2D eigenvalue weighted by Crippen LogP contribution is -2.16. The van der Waals surface area contributed by atoms with Gasteiger partial charge < -0.3 is 18.8 Å². The molecular formula is C23H20F2N6OS. The molecule has 168 valence electrons. The average molecular weight is 467 g/mol. The van der Waals surface area contributed by atoms with E-state index in [9.17, 15) is 13.6 Å². The summed E-state index contributed by atoms with van der Waals surface area (Å²) in [5.41, 5.74) is 4.06. The predicted octanol–water partition coefficient (Wildman–Crippen LogP) is 4.68. The number of nitrogens with one attached hydrogen (secondary N) is 2. The topological polar surface area (TPSA) is 80.5 Å². The molecule has 2 N–H and O–H groups in total. The molecule has 0 bridgehead atoms. The van der Waals surface area contributed by atoms with Crippen LogP contribution in [0.4, 0.5) is 14.5 Å². The van der Waals surface area contributed by atoms with Gasteiger partial charge in [0, 0.05) is 47.8 Å². The zero-order chi connectivity index (χ0) is 23.1. The minimum atomic E-state index is -0.625. The van der Waals surface area contributed by atoms with Crippen LogP contribution in [-0.2, 0) is 13.6 Å². The number of imidazole rings is 1. The lowest BCUT2D eigenvalue weighted by atomic mass is 10.1. The van der Waals surface area contributed by atoms with Crippen LogP contribution in [0, 0.1) is 11.6 Å². The highest BCUT2D eigenvalue weighted by atomic mass is 32.2. The third-order valence-corrected chi connectivity index (χ3v) is 6.08. The fraction of sp³-hybridized carbons (Fsp3) is 0.174. The van der Waals surface area contributed by atoms with Gasteiger partial charge in [-0.15, -0.1) is 0 Å². The fourth-order valence-electron chi connectivity index (χ4n) is 3.82. The molecule has 7 nitrogen and oxygen atoms in total. The smallest absolute Gasteiger partial charge is 0.274 e. The maximum absolute atomic E-state index is 14.3. The molecule has 1 aromatic carbocycles. The van der Waals surface area contributed by atoms with E-state index in [0.717, 1.165) is 28.5 Å². The van der Waals surface area contributed by atoms with Gasteiger partial charge in [-0.3, -0.25) is 4.79 Å². The van der Waals surface area contributed by atoms with Gasteiger partial charge in [0.15, 0.2) is 5.65 Å². The maximum atomic E-state index is 14.3. The summed E-state index contributed by atoms with van der Waals surface area (Å²) >= 11 is 1.52. The first-order chi connectivity index (χ1) is 16.0. The number of aryl methyl sites for hydroxylation is 1. The molecule has 4 aromatic heterocycles. The first-order valence-corrected chi connectivity index (χ1v) is 11.3. The summed E-state index contributed by atoms with van der Waals surface area (Å²) in [4.78, 5) is 24.8. The number of hydrogen-bond acceptors (Lipinski definition) is 5. The standard InChI is InChI=1S/C23H20F2N6OS/c1-3-33-29-19-9-18(16-11-30(2)23(32)20-15(16)6-7-26-20)28-22-21(19)27-12-31(22)10-13-4-5-14(24)8-17(13)25/h4-9,11-12,26H,3,10H2,1-2H3,(H,28,29). The van der Waals surface area contributed by atoms with E-state index in [2.05, 4.69) is 14.7 Å². The molecule has 0 saturated heterocycles. The summed E-state index contributed by atoms with van der Waals surface area (Å²) in [7, 11) is 1.69. The van der Waals surface area contributed by atoms with E-state index in [1.807, 2.05) is 19.1 Å². The van der Waals surface area contributed by atoms with Gasteiger partial charge in [-0.25, -0.2) is 18.7 Å². The molecule has 0 saturated carbocycles. The van der Waals surface area contributed by atoms with E-state index in [1.165, 1.54) is 28.6 Å². The van der Waals surface area contributed by atoms with Gasteiger partial charge in [-0.1, -0.05) is 24.9 Å². The highest BCUT2D eigenvalue weighted by Crippen LogP contribution is 2.32. The normalized spacial score (nSPS) is 11.5. The molecule has 0 aliphatic carbocycles. The zero-order valence-electron chi connectivity index (χ0n) is 17.9. The highest BCUT2D eigenvalue weighted by molar-refractivity contribution is 8.00. The van der Waals surface area contributed by atoms with Crippen molar-refractivity contribution in [3.05, 3.63) is 76.6 Å². The molecule has 0 spiro atoms. The highest BCUT2D eigenvalue weighted by Gasteiger charge is 2.17. The van der Waals surface area contributed by atoms with Crippen LogP contribution >= 0.6 is 11.9 Å². The van der Waals surface area contributed by atoms with Crippen LogP contribution < -0.4 is 10.3 Å². The monoisotopic (exact) mass is 466 g/mol. The Kier molecular flexibility index (Phi) is 5.37. The lowest BCUT2D eigenvalue weighted by Gasteiger charge is -2.12. The number of nitrogens with zero attached hydrogens (tertiary/aromatic N) is 4. The number of H-pyrrole nitrogens is 1. The molecule has 0 unspecified atom stereocenters. The van der Waals surface area contributed by atoms with Gasteiger partial charge in [-0.2, -0.15) is 0 Å². The summed E-state index contributed by atoms with van der Waals surface area (Å²) in [6.07, 6.45) is 5.07. The number of aromatic amines is 1. The quantitative estimate of drug-likeness (QED) is 0.355. The van der Waals surface area contributed by atoms with Crippen LogP contribution in [0.25, 0.3) is 33.3 Å². The molecule has 10 heteroatoms. The Hall–Kier alpha value is -3.66. The summed E-state index contributed by atoms with van der Waals surface area (Å²) < 4.78 is 34.2. The SMILES string of the molecule is CCSNc1cc(-c2cn(C)c(=O)c3[nH]ccc23)nc2c1ncn2Cc1ccc(F)cc1F. The molecule has 4 heterocycles. The van der Waals surface area contributed by atoms with Crippen LogP contribution in [0.3, 0.4) is 0 Å². The minimum absolute atomic E-state index is 0.128. The van der Waals surface area contributed by atoms with E-state index >= 15 is 0 Å². The molecule has 5 aromatic rings. The minimum Gasteiger partial charge on any atom is -0.357 e. The van der Waals surface area contributed by atoms with Crippen molar-refractivity contribution in [3.8, 4) is 11.3 Å². The van der Waals surface area contributed by atoms with Gasteiger partial charge in [0.25, 0.3) is 5.56 Å². The Morgan fingerprint density at radius 2 is 2.06 bits per heavy atom. The van der Waals surface area contributed by atoms with Gasteiger partial charge in [0.1, 0.15) is 22.7 Å². The van der Waals surface area contributed by atoms with Crippen molar-refractivity contribution < 1.29 is 8.78 Å². The predicted molar refractivity (Wildman–Crippen MR) is 127 cm³/mol. The van der Waals surface area contributed by atoms with Crippen molar-refractivity contribution >= 4 is 39.7 Å². The molecule has 0 amide bonds. The van der Waals surface area contributed by atoms with E-state index < -0.39 is 11.6 Å². The van der Waals surface area contributed by atoms with Crippen molar-refractivity contribution in [1.29, 1.82) is 0 Å². The van der Waals surface area contributed by atoms with Crippen molar-refractivity contribution in [3.63, 3.8) is 0 Å². The van der Waals surface area contributed by atoms with Crippen molar-refractivity contribution in [2.75, 3.05) is 10.5 Å². The van der Waals surface area contributed by atoms with Gasteiger partial charge in [0.2, 0.25) is 0 Å². The van der Waals surface area contributed by atoms with Crippen LogP contribution in [0.2, 0.25) is 0 Å². The number of hydrogen-bond donors (Lipinski definition) is 2. The van der Waals surface area contributed by atoms with Crippen LogP contribution in [-0.4, -0.2) is 29.8 Å². The number of pyridine rings is 2. The molecular weight excluding hydrogens is 446 g/mol. The molecule has 0 fully saturated rings. The molecule has 0 aliphatic heterocycles. The number of fused-ring (bicyclic) bond motifs is 2. The van der Waals surface area contributed by atoms with Gasteiger partial charge in [0.05, 0.1) is 24.3 Å². The number of halogens is 2. The zero-order valence-corrected chi connectivity index (χ0v) is 18.7. The van der Waals surface area contributed by atoms with Crippen LogP contribution in [0.5, 0.6) is 0 Å². The Labute approximate surface area is 191 Å². The largest absolute Gasteiger partial charge is 0.357 e. The molecule has 0 atom stereocenters. The molecule has 0 aliphatic rings. The number of anilines is 1.